The van der Waals surface area contributed by atoms with E-state index in [0.717, 1.165) is 16.5 Å². The number of carbonyl (C=O) groups is 1. The highest BCUT2D eigenvalue weighted by molar-refractivity contribution is 5.89. The van der Waals surface area contributed by atoms with Crippen LogP contribution in [0.5, 0.6) is 0 Å². The predicted molar refractivity (Wildman–Crippen MR) is 104 cm³/mol. The fourth-order valence-electron chi connectivity index (χ4n) is 2.89. The zero-order chi connectivity index (χ0) is 19.5. The van der Waals surface area contributed by atoms with Gasteiger partial charge in [0, 0.05) is 6.08 Å². The molecule has 0 radical (unpaired) electrons. The van der Waals surface area contributed by atoms with Crippen LogP contribution in [0.4, 0.5) is 5.95 Å². The lowest BCUT2D eigenvalue weighted by molar-refractivity contribution is -0.134. The topological polar surface area (TPSA) is 109 Å². The number of furan rings is 1. The Balaban J connectivity index is 1.68. The van der Waals surface area contributed by atoms with Gasteiger partial charge in [-0.25, -0.2) is 14.5 Å². The van der Waals surface area contributed by atoms with Crippen molar-refractivity contribution in [2.75, 3.05) is 12.8 Å². The Bertz CT molecular complexity index is 1160. The Morgan fingerprint density at radius 2 is 2.18 bits per heavy atom. The van der Waals surface area contributed by atoms with Gasteiger partial charge in [-0.3, -0.25) is 0 Å². The summed E-state index contributed by atoms with van der Waals surface area (Å²) in [6.45, 7) is 0.484. The van der Waals surface area contributed by atoms with Gasteiger partial charge in [0.25, 0.3) is 0 Å². The third-order valence-electron chi connectivity index (χ3n) is 4.16. The largest absolute Gasteiger partial charge is 0.466 e. The van der Waals surface area contributed by atoms with Crippen LogP contribution in [-0.2, 0) is 16.1 Å². The molecule has 1 aromatic carbocycles. The lowest BCUT2D eigenvalue weighted by atomic mass is 10.1. The predicted octanol–water partition coefficient (Wildman–Crippen LogP) is 2.90. The van der Waals surface area contributed by atoms with Gasteiger partial charge in [0.1, 0.15) is 5.69 Å². The van der Waals surface area contributed by atoms with Crippen LogP contribution < -0.4 is 5.73 Å². The zero-order valence-corrected chi connectivity index (χ0v) is 15.1. The van der Waals surface area contributed by atoms with Crippen LogP contribution in [0.2, 0.25) is 0 Å². The first-order valence-electron chi connectivity index (χ1n) is 8.52. The Hall–Kier alpha value is -3.94. The Morgan fingerprint density at radius 1 is 1.29 bits per heavy atom. The third kappa shape index (κ3) is 3.48. The molecular formula is C20H17N5O3. The number of carbonyl (C=O) groups excluding carboxylic acids is 1. The maximum absolute atomic E-state index is 11.3. The highest BCUT2D eigenvalue weighted by atomic mass is 16.5. The zero-order valence-electron chi connectivity index (χ0n) is 15.1. The van der Waals surface area contributed by atoms with E-state index >= 15 is 0 Å². The van der Waals surface area contributed by atoms with Crippen LogP contribution in [0.1, 0.15) is 11.1 Å². The molecule has 4 rings (SSSR count). The molecule has 140 valence electrons. The number of nitrogens with two attached hydrogens (primary N) is 1. The van der Waals surface area contributed by atoms with Crippen LogP contribution >= 0.6 is 0 Å². The molecule has 0 saturated carbocycles. The minimum Gasteiger partial charge on any atom is -0.466 e. The summed E-state index contributed by atoms with van der Waals surface area (Å²) in [6.07, 6.45) is 6.36. The van der Waals surface area contributed by atoms with Gasteiger partial charge in [-0.05, 0) is 35.4 Å². The molecule has 0 bridgehead atoms. The van der Waals surface area contributed by atoms with Crippen molar-refractivity contribution in [2.24, 2.45) is 0 Å². The number of nitrogens with zero attached hydrogens (tertiary/aromatic N) is 4. The van der Waals surface area contributed by atoms with E-state index in [-0.39, 0.29) is 5.95 Å². The highest BCUT2D eigenvalue weighted by Crippen LogP contribution is 2.27. The van der Waals surface area contributed by atoms with E-state index in [9.17, 15) is 4.79 Å². The Kier molecular flexibility index (Phi) is 4.59. The molecule has 2 N–H and O–H groups in total. The molecule has 3 aromatic heterocycles. The van der Waals surface area contributed by atoms with Crippen molar-refractivity contribution in [1.29, 1.82) is 0 Å². The van der Waals surface area contributed by atoms with E-state index in [0.29, 0.717) is 23.6 Å². The molecule has 28 heavy (non-hydrogen) atoms. The van der Waals surface area contributed by atoms with Crippen LogP contribution in [0, 0.1) is 0 Å². The number of fused-ring (bicyclic) bond motifs is 1. The number of anilines is 1. The quantitative estimate of drug-likeness (QED) is 0.422. The molecule has 0 atom stereocenters. The highest BCUT2D eigenvalue weighted by Gasteiger charge is 2.15. The monoisotopic (exact) mass is 375 g/mol. The van der Waals surface area contributed by atoms with Gasteiger partial charge in [-0.1, -0.05) is 18.2 Å². The summed E-state index contributed by atoms with van der Waals surface area (Å²) in [5.74, 6) is 0.352. The summed E-state index contributed by atoms with van der Waals surface area (Å²) in [6, 6.07) is 11.4. The number of ether oxygens (including phenoxy) is 1. The van der Waals surface area contributed by atoms with E-state index in [1.165, 1.54) is 13.2 Å². The molecule has 8 heteroatoms. The number of hydrogen-bond acceptors (Lipinski definition) is 7. The average Bonchev–Trinajstić information content (AvgIpc) is 3.37. The summed E-state index contributed by atoms with van der Waals surface area (Å²) >= 11 is 0. The van der Waals surface area contributed by atoms with Gasteiger partial charge >= 0.3 is 5.97 Å². The van der Waals surface area contributed by atoms with Gasteiger partial charge in [0.05, 0.1) is 31.5 Å². The first-order valence-corrected chi connectivity index (χ1v) is 8.52. The molecule has 0 unspecified atom stereocenters. The second-order valence-electron chi connectivity index (χ2n) is 6.05. The lowest BCUT2D eigenvalue weighted by Gasteiger charge is -2.06. The maximum atomic E-state index is 11.3. The normalized spacial score (nSPS) is 11.3. The molecule has 8 nitrogen and oxygen atoms in total. The van der Waals surface area contributed by atoms with Gasteiger partial charge in [-0.2, -0.15) is 10.1 Å². The van der Waals surface area contributed by atoms with Crippen LogP contribution in [0.15, 0.2) is 59.4 Å². The van der Waals surface area contributed by atoms with Gasteiger partial charge in [-0.15, -0.1) is 0 Å². The van der Waals surface area contributed by atoms with Crippen molar-refractivity contribution in [3.05, 3.63) is 66.1 Å². The number of hydrogen-bond donors (Lipinski definition) is 1. The maximum Gasteiger partial charge on any atom is 0.330 e. The molecule has 0 spiro atoms. The second-order valence-corrected chi connectivity index (χ2v) is 6.05. The van der Waals surface area contributed by atoms with Crippen molar-refractivity contribution in [3.8, 4) is 11.5 Å². The van der Waals surface area contributed by atoms with E-state index in [2.05, 4.69) is 19.8 Å². The van der Waals surface area contributed by atoms with E-state index in [1.54, 1.807) is 29.3 Å². The van der Waals surface area contributed by atoms with Gasteiger partial charge < -0.3 is 14.9 Å². The number of esters is 1. The smallest absolute Gasteiger partial charge is 0.330 e. The molecule has 4 aromatic rings. The fraction of sp³-hybridized carbons (Fsp3) is 0.100. The summed E-state index contributed by atoms with van der Waals surface area (Å²) in [7, 11) is 1.34. The number of nitrogen functional groups attached to an aromatic ring is 1. The molecule has 0 saturated heterocycles. The fourth-order valence-corrected chi connectivity index (χ4v) is 2.89. The standard InChI is InChI=1S/C20H17N5O3/c1-27-17(26)8-7-13-4-2-5-14(10-13)12-25-19-15(11-22-25)18(23-20(21)24-19)16-6-3-9-28-16/h2-11H,12H2,1H3,(H2,21,23,24)/b8-7+. The van der Waals surface area contributed by atoms with Crippen molar-refractivity contribution in [3.63, 3.8) is 0 Å². The minimum absolute atomic E-state index is 0.149. The van der Waals surface area contributed by atoms with Crippen molar-refractivity contribution in [2.45, 2.75) is 6.54 Å². The summed E-state index contributed by atoms with van der Waals surface area (Å²) in [5.41, 5.74) is 9.00. The van der Waals surface area contributed by atoms with Crippen molar-refractivity contribution >= 4 is 29.0 Å². The van der Waals surface area contributed by atoms with Crippen molar-refractivity contribution in [1.82, 2.24) is 19.7 Å². The SMILES string of the molecule is COC(=O)/C=C/c1cccc(Cn2ncc3c(-c4ccco4)nc(N)nc32)c1. The van der Waals surface area contributed by atoms with Crippen LogP contribution in [0.3, 0.4) is 0 Å². The number of aromatic nitrogens is 4. The number of benzene rings is 1. The van der Waals surface area contributed by atoms with E-state index < -0.39 is 5.97 Å². The molecule has 0 aliphatic carbocycles. The van der Waals surface area contributed by atoms with Gasteiger partial charge in [0.15, 0.2) is 11.4 Å². The molecule has 0 aliphatic rings. The molecule has 0 fully saturated rings. The first kappa shape index (κ1) is 17.5. The lowest BCUT2D eigenvalue weighted by Crippen LogP contribution is -2.05. The van der Waals surface area contributed by atoms with E-state index in [1.807, 2.05) is 30.3 Å². The summed E-state index contributed by atoms with van der Waals surface area (Å²) < 4.78 is 11.8. The average molecular weight is 375 g/mol. The number of rotatable bonds is 5. The molecule has 0 amide bonds. The van der Waals surface area contributed by atoms with Crippen LogP contribution in [0.25, 0.3) is 28.6 Å². The molecular weight excluding hydrogens is 358 g/mol. The number of methoxy groups -OCH3 is 1. The van der Waals surface area contributed by atoms with Gasteiger partial charge in [0.2, 0.25) is 5.95 Å². The van der Waals surface area contributed by atoms with Crippen LogP contribution in [-0.4, -0.2) is 32.8 Å². The minimum atomic E-state index is -0.402. The molecule has 0 aliphatic heterocycles. The molecule has 3 heterocycles. The third-order valence-corrected chi connectivity index (χ3v) is 4.16. The first-order chi connectivity index (χ1) is 13.6. The Morgan fingerprint density at radius 3 is 2.96 bits per heavy atom. The Labute approximate surface area is 160 Å². The summed E-state index contributed by atoms with van der Waals surface area (Å²) in [5, 5.41) is 5.20. The van der Waals surface area contributed by atoms with E-state index in [4.69, 9.17) is 10.2 Å². The van der Waals surface area contributed by atoms with Crippen molar-refractivity contribution < 1.29 is 13.9 Å². The second kappa shape index (κ2) is 7.36. The summed E-state index contributed by atoms with van der Waals surface area (Å²) in [4.78, 5) is 19.9.